The fraction of sp³-hybridized carbons (Fsp3) is 0.600. The van der Waals surface area contributed by atoms with E-state index in [9.17, 15) is 0 Å². The normalized spacial score (nSPS) is 10.4. The van der Waals surface area contributed by atoms with Gasteiger partial charge in [0.05, 0.1) is 0 Å². The lowest BCUT2D eigenvalue weighted by molar-refractivity contribution is 0.302. The van der Waals surface area contributed by atoms with Crippen LogP contribution in [0.2, 0.25) is 0 Å². The molecule has 0 aliphatic carbocycles. The van der Waals surface area contributed by atoms with E-state index in [2.05, 4.69) is 24.0 Å². The van der Waals surface area contributed by atoms with Gasteiger partial charge >= 0.3 is 0 Å². The summed E-state index contributed by atoms with van der Waals surface area (Å²) in [4.78, 5) is 5.03. The molecule has 0 bridgehead atoms. The van der Waals surface area contributed by atoms with Gasteiger partial charge in [-0.3, -0.25) is 4.90 Å². The topological polar surface area (TPSA) is 3.24 Å². The van der Waals surface area contributed by atoms with Crippen molar-refractivity contribution in [2.45, 2.75) is 13.5 Å². The molecule has 0 unspecified atom stereocenters. The zero-order valence-electron chi connectivity index (χ0n) is 8.71. The van der Waals surface area contributed by atoms with Crippen LogP contribution in [0.4, 0.5) is 0 Å². The Balaban J connectivity index is 0.00000196. The Morgan fingerprint density at radius 1 is 1.20 bits per heavy atom. The zero-order chi connectivity index (χ0) is 10.4. The van der Waals surface area contributed by atoms with Crippen LogP contribution >= 0.6 is 46.9 Å². The van der Waals surface area contributed by atoms with Gasteiger partial charge in [0.1, 0.15) is 0 Å². The van der Waals surface area contributed by atoms with Crippen molar-refractivity contribution in [2.75, 3.05) is 24.8 Å². The average molecular weight is 289 g/mol. The highest BCUT2D eigenvalue weighted by molar-refractivity contribution is 7.11. The summed E-state index contributed by atoms with van der Waals surface area (Å²) in [6, 6.07) is 4.33. The summed E-state index contributed by atoms with van der Waals surface area (Å²) in [7, 11) is 0. The lowest BCUT2D eigenvalue weighted by atomic mass is 10.4. The Bertz CT molecular complexity index is 259. The van der Waals surface area contributed by atoms with Crippen LogP contribution in [0.25, 0.3) is 0 Å². The van der Waals surface area contributed by atoms with Crippen molar-refractivity contribution in [3.05, 3.63) is 21.9 Å². The predicted molar refractivity (Wildman–Crippen MR) is 73.0 cm³/mol. The molecule has 1 heterocycles. The summed E-state index contributed by atoms with van der Waals surface area (Å²) >= 11 is 13.3. The third-order valence-electron chi connectivity index (χ3n) is 1.98. The van der Waals surface area contributed by atoms with E-state index in [1.807, 2.05) is 11.3 Å². The molecule has 0 aromatic carbocycles. The van der Waals surface area contributed by atoms with Gasteiger partial charge in [0.2, 0.25) is 0 Å². The molecule has 5 heteroatoms. The van der Waals surface area contributed by atoms with E-state index in [4.69, 9.17) is 23.2 Å². The van der Waals surface area contributed by atoms with E-state index in [0.29, 0.717) is 11.8 Å². The second-order valence-electron chi connectivity index (χ2n) is 3.17. The Morgan fingerprint density at radius 2 is 1.80 bits per heavy atom. The Hall–Kier alpha value is 0.530. The van der Waals surface area contributed by atoms with Gasteiger partial charge in [0.15, 0.2) is 0 Å². The van der Waals surface area contributed by atoms with Crippen LogP contribution in [0, 0.1) is 6.92 Å². The second kappa shape index (κ2) is 8.66. The summed E-state index contributed by atoms with van der Waals surface area (Å²) in [5.74, 6) is 1.34. The molecule has 15 heavy (non-hydrogen) atoms. The van der Waals surface area contributed by atoms with E-state index in [1.54, 1.807) is 0 Å². The molecule has 1 aromatic rings. The molecule has 0 amide bonds. The SMILES string of the molecule is Cc1ccc(CN(CCCl)CCCl)s1.Cl. The number of rotatable bonds is 6. The Kier molecular flexibility index (Phi) is 8.96. The van der Waals surface area contributed by atoms with Crippen LogP contribution in [0.5, 0.6) is 0 Å². The number of hydrogen-bond donors (Lipinski definition) is 0. The van der Waals surface area contributed by atoms with Gasteiger partial charge in [0, 0.05) is 41.1 Å². The van der Waals surface area contributed by atoms with Crippen LogP contribution < -0.4 is 0 Å². The molecule has 88 valence electrons. The molecular formula is C10H16Cl3NS. The van der Waals surface area contributed by atoms with Crippen molar-refractivity contribution in [2.24, 2.45) is 0 Å². The van der Waals surface area contributed by atoms with Crippen LogP contribution in [0.15, 0.2) is 12.1 Å². The molecule has 0 spiro atoms. The van der Waals surface area contributed by atoms with Gasteiger partial charge in [0.25, 0.3) is 0 Å². The number of alkyl halides is 2. The maximum Gasteiger partial charge on any atom is 0.0351 e. The van der Waals surface area contributed by atoms with Gasteiger partial charge in [-0.05, 0) is 19.1 Å². The number of halogens is 3. The summed E-state index contributed by atoms with van der Waals surface area (Å²) in [6.07, 6.45) is 0. The van der Waals surface area contributed by atoms with E-state index in [1.165, 1.54) is 9.75 Å². The van der Waals surface area contributed by atoms with Crippen LogP contribution in [-0.4, -0.2) is 29.7 Å². The van der Waals surface area contributed by atoms with E-state index >= 15 is 0 Å². The van der Waals surface area contributed by atoms with Gasteiger partial charge in [-0.2, -0.15) is 0 Å². The van der Waals surface area contributed by atoms with Gasteiger partial charge in [-0.15, -0.1) is 46.9 Å². The molecule has 0 fully saturated rings. The molecule has 0 N–H and O–H groups in total. The standard InChI is InChI=1S/C10H15Cl2NS.ClH/c1-9-2-3-10(14-9)8-13(6-4-11)7-5-12;/h2-3H,4-8H2,1H3;1H. The maximum atomic E-state index is 5.72. The van der Waals surface area contributed by atoms with Crippen molar-refractivity contribution < 1.29 is 0 Å². The van der Waals surface area contributed by atoms with E-state index < -0.39 is 0 Å². The molecule has 0 saturated carbocycles. The lowest BCUT2D eigenvalue weighted by Gasteiger charge is -2.18. The van der Waals surface area contributed by atoms with Crippen molar-refractivity contribution in [1.82, 2.24) is 4.90 Å². The first-order valence-corrected chi connectivity index (χ1v) is 6.54. The maximum absolute atomic E-state index is 5.72. The van der Waals surface area contributed by atoms with Gasteiger partial charge < -0.3 is 0 Å². The third kappa shape index (κ3) is 5.98. The summed E-state index contributed by atoms with van der Waals surface area (Å²) in [5, 5.41) is 0. The molecule has 0 atom stereocenters. The van der Waals surface area contributed by atoms with Crippen molar-refractivity contribution in [1.29, 1.82) is 0 Å². The van der Waals surface area contributed by atoms with Crippen molar-refractivity contribution >= 4 is 46.9 Å². The Morgan fingerprint density at radius 3 is 2.20 bits per heavy atom. The first kappa shape index (κ1) is 15.5. The molecule has 0 aliphatic heterocycles. The first-order chi connectivity index (χ1) is 6.76. The molecular weight excluding hydrogens is 273 g/mol. The zero-order valence-corrected chi connectivity index (χ0v) is 11.9. The molecule has 1 nitrogen and oxygen atoms in total. The van der Waals surface area contributed by atoms with Crippen molar-refractivity contribution in [3.63, 3.8) is 0 Å². The molecule has 1 rings (SSSR count). The van der Waals surface area contributed by atoms with Crippen LogP contribution in [0.3, 0.4) is 0 Å². The number of aryl methyl sites for hydroxylation is 1. The minimum absolute atomic E-state index is 0. The van der Waals surface area contributed by atoms with Crippen LogP contribution in [0.1, 0.15) is 9.75 Å². The number of nitrogens with zero attached hydrogens (tertiary/aromatic N) is 1. The second-order valence-corrected chi connectivity index (χ2v) is 5.29. The predicted octanol–water partition coefficient (Wildman–Crippen LogP) is 3.76. The fourth-order valence-corrected chi connectivity index (χ4v) is 2.71. The van der Waals surface area contributed by atoms with Gasteiger partial charge in [-0.25, -0.2) is 0 Å². The monoisotopic (exact) mass is 287 g/mol. The van der Waals surface area contributed by atoms with Gasteiger partial charge in [-0.1, -0.05) is 0 Å². The summed E-state index contributed by atoms with van der Waals surface area (Å²) in [6.45, 7) is 4.91. The molecule has 0 saturated heterocycles. The summed E-state index contributed by atoms with van der Waals surface area (Å²) in [5.41, 5.74) is 0. The minimum atomic E-state index is 0. The average Bonchev–Trinajstić information content (AvgIpc) is 2.52. The largest absolute Gasteiger partial charge is 0.296 e. The Labute approximate surface area is 112 Å². The molecule has 1 aromatic heterocycles. The first-order valence-electron chi connectivity index (χ1n) is 4.66. The fourth-order valence-electron chi connectivity index (χ4n) is 1.30. The third-order valence-corrected chi connectivity index (χ3v) is 3.30. The molecule has 0 radical (unpaired) electrons. The smallest absolute Gasteiger partial charge is 0.0351 e. The minimum Gasteiger partial charge on any atom is -0.296 e. The molecule has 0 aliphatic rings. The lowest BCUT2D eigenvalue weighted by Crippen LogP contribution is -2.26. The highest BCUT2D eigenvalue weighted by atomic mass is 35.5. The quantitative estimate of drug-likeness (QED) is 0.721. The van der Waals surface area contributed by atoms with Crippen LogP contribution in [-0.2, 0) is 6.54 Å². The van der Waals surface area contributed by atoms with Crippen molar-refractivity contribution in [3.8, 4) is 0 Å². The highest BCUT2D eigenvalue weighted by Gasteiger charge is 2.05. The highest BCUT2D eigenvalue weighted by Crippen LogP contribution is 2.17. The number of hydrogen-bond acceptors (Lipinski definition) is 2. The number of thiophene rings is 1. The van der Waals surface area contributed by atoms with E-state index in [-0.39, 0.29) is 12.4 Å². The van der Waals surface area contributed by atoms with E-state index in [0.717, 1.165) is 19.6 Å². The summed E-state index contributed by atoms with van der Waals surface area (Å²) < 4.78 is 0.